The maximum atomic E-state index is 11.2. The molecule has 0 aliphatic carbocycles. The van der Waals surface area contributed by atoms with E-state index in [0.717, 1.165) is 16.8 Å². The van der Waals surface area contributed by atoms with Crippen molar-refractivity contribution in [2.75, 3.05) is 11.6 Å². The first kappa shape index (κ1) is 20.6. The number of benzene rings is 2. The highest BCUT2D eigenvalue weighted by Gasteiger charge is 1.99. The number of nitrogens with two attached hydrogens (primary N) is 1. The Morgan fingerprint density at radius 3 is 2.17 bits per heavy atom. The summed E-state index contributed by atoms with van der Waals surface area (Å²) < 4.78 is 11.2. The molecular formula is C18H24IN3OS. The van der Waals surface area contributed by atoms with Gasteiger partial charge in [0, 0.05) is 28.5 Å². The number of rotatable bonds is 5. The molecule has 0 radical (unpaired) electrons. The largest absolute Gasteiger partial charge is 0.370 e. The van der Waals surface area contributed by atoms with Crippen molar-refractivity contribution < 1.29 is 4.21 Å². The van der Waals surface area contributed by atoms with Gasteiger partial charge in [-0.2, -0.15) is 0 Å². The zero-order valence-corrected chi connectivity index (χ0v) is 17.4. The van der Waals surface area contributed by atoms with Crippen molar-refractivity contribution in [2.45, 2.75) is 26.1 Å². The third-order valence-corrected chi connectivity index (χ3v) is 4.06. The van der Waals surface area contributed by atoms with Gasteiger partial charge in [-0.15, -0.1) is 24.0 Å². The maximum absolute atomic E-state index is 11.2. The van der Waals surface area contributed by atoms with Gasteiger partial charge in [0.15, 0.2) is 5.96 Å². The molecule has 0 spiro atoms. The minimum Gasteiger partial charge on any atom is -0.370 e. The highest BCUT2D eigenvalue weighted by atomic mass is 127. The second-order valence-electron chi connectivity index (χ2n) is 5.74. The highest BCUT2D eigenvalue weighted by Crippen LogP contribution is 2.13. The minimum absolute atomic E-state index is 0. The molecule has 0 fully saturated rings. The molecule has 2 aromatic carbocycles. The first-order valence-corrected chi connectivity index (χ1v) is 9.18. The molecule has 4 nitrogen and oxygen atoms in total. The van der Waals surface area contributed by atoms with E-state index in [1.54, 1.807) is 6.26 Å². The van der Waals surface area contributed by atoms with Gasteiger partial charge in [-0.05, 0) is 48.2 Å². The molecule has 0 aliphatic heterocycles. The van der Waals surface area contributed by atoms with Crippen LogP contribution in [0, 0.1) is 13.8 Å². The Labute approximate surface area is 163 Å². The Morgan fingerprint density at radius 1 is 1.08 bits per heavy atom. The molecule has 0 aliphatic rings. The van der Waals surface area contributed by atoms with E-state index in [2.05, 4.69) is 30.2 Å². The molecule has 3 N–H and O–H groups in total. The third-order valence-electron chi connectivity index (χ3n) is 3.32. The van der Waals surface area contributed by atoms with Crippen molar-refractivity contribution in [3.05, 3.63) is 64.7 Å². The molecule has 1 unspecified atom stereocenters. The quantitative estimate of drug-likeness (QED) is 0.409. The van der Waals surface area contributed by atoms with Crippen molar-refractivity contribution in [2.24, 2.45) is 10.7 Å². The van der Waals surface area contributed by atoms with Crippen molar-refractivity contribution >= 4 is 46.4 Å². The van der Waals surface area contributed by atoms with Gasteiger partial charge in [0.1, 0.15) is 0 Å². The fraction of sp³-hybridized carbons (Fsp3) is 0.278. The molecule has 0 aromatic heterocycles. The number of anilines is 1. The van der Waals surface area contributed by atoms with Gasteiger partial charge >= 0.3 is 0 Å². The Balaban J connectivity index is 0.00000288. The molecule has 2 rings (SSSR count). The molecule has 0 saturated heterocycles. The Bertz CT molecular complexity index is 709. The SMILES string of the molecule is Cc1cc(C)cc(NC(N)=NCc2ccc(CS(C)=O)cc2)c1.I. The molecule has 6 heteroatoms. The van der Waals surface area contributed by atoms with E-state index in [9.17, 15) is 4.21 Å². The zero-order valence-electron chi connectivity index (χ0n) is 14.2. The van der Waals surface area contributed by atoms with Gasteiger partial charge in [-0.25, -0.2) is 4.99 Å². The van der Waals surface area contributed by atoms with E-state index in [0.29, 0.717) is 18.3 Å². The van der Waals surface area contributed by atoms with Crippen LogP contribution in [-0.2, 0) is 23.1 Å². The first-order valence-electron chi connectivity index (χ1n) is 7.45. The number of nitrogens with zero attached hydrogens (tertiary/aromatic N) is 1. The molecule has 0 saturated carbocycles. The number of nitrogens with one attached hydrogen (secondary N) is 1. The Morgan fingerprint density at radius 2 is 1.62 bits per heavy atom. The lowest BCUT2D eigenvalue weighted by Gasteiger charge is -2.08. The van der Waals surface area contributed by atoms with Gasteiger partial charge in [-0.3, -0.25) is 4.21 Å². The summed E-state index contributed by atoms with van der Waals surface area (Å²) in [6, 6.07) is 14.2. The average molecular weight is 457 g/mol. The van der Waals surface area contributed by atoms with Crippen LogP contribution in [0.5, 0.6) is 0 Å². The van der Waals surface area contributed by atoms with Crippen LogP contribution in [0.1, 0.15) is 22.3 Å². The zero-order chi connectivity index (χ0) is 16.8. The van der Waals surface area contributed by atoms with Gasteiger partial charge in [0.25, 0.3) is 0 Å². The van der Waals surface area contributed by atoms with Crippen LogP contribution in [0.15, 0.2) is 47.5 Å². The summed E-state index contributed by atoms with van der Waals surface area (Å²) >= 11 is 0. The standard InChI is InChI=1S/C18H23N3OS.HI/c1-13-8-14(2)10-17(9-13)21-18(19)20-11-15-4-6-16(7-5-15)12-23(3)22;/h4-10H,11-12H2,1-3H3,(H3,19,20,21);1H. The van der Waals surface area contributed by atoms with E-state index in [-0.39, 0.29) is 24.0 Å². The predicted molar refractivity (Wildman–Crippen MR) is 114 cm³/mol. The summed E-state index contributed by atoms with van der Waals surface area (Å²) in [4.78, 5) is 4.36. The van der Waals surface area contributed by atoms with Crippen molar-refractivity contribution in [3.63, 3.8) is 0 Å². The Kier molecular flexibility index (Phi) is 8.41. The highest BCUT2D eigenvalue weighted by molar-refractivity contribution is 14.0. The summed E-state index contributed by atoms with van der Waals surface area (Å²) in [7, 11) is -0.818. The number of hydrogen-bond acceptors (Lipinski definition) is 2. The topological polar surface area (TPSA) is 67.5 Å². The smallest absolute Gasteiger partial charge is 0.193 e. The van der Waals surface area contributed by atoms with Crippen molar-refractivity contribution in [3.8, 4) is 0 Å². The minimum atomic E-state index is -0.818. The molecule has 24 heavy (non-hydrogen) atoms. The lowest BCUT2D eigenvalue weighted by atomic mass is 10.1. The third kappa shape index (κ3) is 7.00. The fourth-order valence-corrected chi connectivity index (χ4v) is 3.05. The summed E-state index contributed by atoms with van der Waals surface area (Å²) in [5.41, 5.74) is 11.4. The molecule has 2 aromatic rings. The van der Waals surface area contributed by atoms with Crippen molar-refractivity contribution in [1.82, 2.24) is 0 Å². The monoisotopic (exact) mass is 457 g/mol. The number of aryl methyl sites for hydroxylation is 2. The molecule has 0 amide bonds. The van der Waals surface area contributed by atoms with E-state index in [4.69, 9.17) is 5.73 Å². The fourth-order valence-electron chi connectivity index (χ4n) is 2.39. The molecular weight excluding hydrogens is 433 g/mol. The average Bonchev–Trinajstić information content (AvgIpc) is 2.45. The van der Waals surface area contributed by atoms with Gasteiger partial charge < -0.3 is 11.1 Å². The number of aliphatic imine (C=N–C) groups is 1. The summed E-state index contributed by atoms with van der Waals surface area (Å²) in [5, 5.41) is 3.12. The van der Waals surface area contributed by atoms with E-state index in [1.165, 1.54) is 11.1 Å². The summed E-state index contributed by atoms with van der Waals surface area (Å²) in [6.45, 7) is 4.62. The number of guanidine groups is 1. The molecule has 0 heterocycles. The first-order chi connectivity index (χ1) is 10.9. The van der Waals surface area contributed by atoms with E-state index >= 15 is 0 Å². The van der Waals surface area contributed by atoms with Gasteiger partial charge in [0.2, 0.25) is 0 Å². The lowest BCUT2D eigenvalue weighted by molar-refractivity contribution is 0.686. The van der Waals surface area contributed by atoms with Crippen LogP contribution >= 0.6 is 24.0 Å². The number of hydrogen-bond donors (Lipinski definition) is 2. The summed E-state index contributed by atoms with van der Waals surface area (Å²) in [5.74, 6) is 0.980. The van der Waals surface area contributed by atoms with Gasteiger partial charge in [0.05, 0.1) is 6.54 Å². The molecule has 0 bridgehead atoms. The van der Waals surface area contributed by atoms with Crippen LogP contribution in [0.2, 0.25) is 0 Å². The number of halogens is 1. The predicted octanol–water partition coefficient (Wildman–Crippen LogP) is 3.73. The normalized spacial score (nSPS) is 12.4. The second kappa shape index (κ2) is 9.78. The van der Waals surface area contributed by atoms with Crippen LogP contribution in [0.25, 0.3) is 0 Å². The maximum Gasteiger partial charge on any atom is 0.193 e. The molecule has 130 valence electrons. The van der Waals surface area contributed by atoms with Crippen LogP contribution in [0.3, 0.4) is 0 Å². The lowest BCUT2D eigenvalue weighted by Crippen LogP contribution is -2.22. The van der Waals surface area contributed by atoms with Crippen LogP contribution in [-0.4, -0.2) is 16.4 Å². The van der Waals surface area contributed by atoms with Crippen LogP contribution in [0.4, 0.5) is 5.69 Å². The van der Waals surface area contributed by atoms with E-state index < -0.39 is 10.8 Å². The van der Waals surface area contributed by atoms with Crippen LogP contribution < -0.4 is 11.1 Å². The van der Waals surface area contributed by atoms with E-state index in [1.807, 2.05) is 36.4 Å². The Hall–Kier alpha value is -1.41. The van der Waals surface area contributed by atoms with Crippen molar-refractivity contribution in [1.29, 1.82) is 0 Å². The van der Waals surface area contributed by atoms with Gasteiger partial charge in [-0.1, -0.05) is 30.3 Å². The summed E-state index contributed by atoms with van der Waals surface area (Å²) in [6.07, 6.45) is 1.71. The second-order valence-corrected chi connectivity index (χ2v) is 7.17. The molecule has 1 atom stereocenters.